The van der Waals surface area contributed by atoms with E-state index in [2.05, 4.69) is 10.3 Å². The molecular formula is C19H18N4O2. The van der Waals surface area contributed by atoms with Gasteiger partial charge in [-0.2, -0.15) is 0 Å². The predicted octanol–water partition coefficient (Wildman–Crippen LogP) is 2.26. The summed E-state index contributed by atoms with van der Waals surface area (Å²) in [5.41, 5.74) is 0.821. The van der Waals surface area contributed by atoms with E-state index >= 15 is 0 Å². The number of nitrogens with zero attached hydrogens (tertiary/aromatic N) is 4. The Morgan fingerprint density at radius 2 is 2.08 bits per heavy atom. The van der Waals surface area contributed by atoms with Crippen molar-refractivity contribution in [2.75, 3.05) is 0 Å². The second kappa shape index (κ2) is 4.88. The van der Waals surface area contributed by atoms with E-state index in [-0.39, 0.29) is 16.9 Å². The first-order valence-electron chi connectivity index (χ1n) is 8.63. The van der Waals surface area contributed by atoms with Gasteiger partial charge < -0.3 is 4.57 Å². The minimum Gasteiger partial charge on any atom is -0.318 e. The largest absolute Gasteiger partial charge is 0.318 e. The monoisotopic (exact) mass is 334 g/mol. The Kier molecular flexibility index (Phi) is 2.84. The smallest absolute Gasteiger partial charge is 0.258 e. The fraction of sp³-hybridized carbons (Fsp3) is 0.368. The quantitative estimate of drug-likeness (QED) is 0.689. The van der Waals surface area contributed by atoms with E-state index in [0.717, 1.165) is 25.2 Å². The zero-order chi connectivity index (χ0) is 17.2. The number of fused-ring (bicyclic) bond motifs is 2. The number of ketones is 1. The fourth-order valence-electron chi connectivity index (χ4n) is 4.51. The van der Waals surface area contributed by atoms with Gasteiger partial charge in [0.1, 0.15) is 0 Å². The lowest BCUT2D eigenvalue weighted by atomic mass is 9.77. The van der Waals surface area contributed by atoms with Gasteiger partial charge in [0.25, 0.3) is 5.56 Å². The molecule has 6 heteroatoms. The van der Waals surface area contributed by atoms with Crippen molar-refractivity contribution in [2.45, 2.75) is 31.2 Å². The Labute approximate surface area is 144 Å². The summed E-state index contributed by atoms with van der Waals surface area (Å²) < 4.78 is 3.41. The first kappa shape index (κ1) is 14.6. The number of hydrogen-bond donors (Lipinski definition) is 0. The number of carbonyl (C=O) groups excluding carboxylic acids is 1. The molecule has 3 aliphatic rings. The lowest BCUT2D eigenvalue weighted by molar-refractivity contribution is 0.103. The van der Waals surface area contributed by atoms with Gasteiger partial charge in [-0.15, -0.1) is 5.10 Å². The Balaban J connectivity index is 1.57. The third-order valence-corrected chi connectivity index (χ3v) is 5.93. The summed E-state index contributed by atoms with van der Waals surface area (Å²) in [6.07, 6.45) is 8.13. The molecule has 1 aromatic carbocycles. The van der Waals surface area contributed by atoms with E-state index in [1.807, 2.05) is 4.68 Å². The van der Waals surface area contributed by atoms with Gasteiger partial charge in [0, 0.05) is 24.2 Å². The highest BCUT2D eigenvalue weighted by molar-refractivity contribution is 6.15. The van der Waals surface area contributed by atoms with E-state index in [1.165, 1.54) is 11.0 Å². The van der Waals surface area contributed by atoms with Crippen LogP contribution in [0.3, 0.4) is 0 Å². The first-order chi connectivity index (χ1) is 12.1. The number of aryl methyl sites for hydroxylation is 1. The number of rotatable bonds is 3. The van der Waals surface area contributed by atoms with Crippen LogP contribution in [0.2, 0.25) is 0 Å². The highest BCUT2D eigenvalue weighted by atomic mass is 16.1. The molecule has 2 heterocycles. The Morgan fingerprint density at radius 1 is 1.24 bits per heavy atom. The van der Waals surface area contributed by atoms with Gasteiger partial charge in [0.2, 0.25) is 5.78 Å². The van der Waals surface area contributed by atoms with Crippen molar-refractivity contribution in [1.82, 2.24) is 19.6 Å². The van der Waals surface area contributed by atoms with E-state index in [9.17, 15) is 9.59 Å². The molecule has 0 unspecified atom stereocenters. The SMILES string of the molecule is Cn1ccc2c(C(=O)c3cn(C45CCC(C4)C5)nn3)cccc2c1=O. The van der Waals surface area contributed by atoms with Crippen molar-refractivity contribution in [2.24, 2.45) is 13.0 Å². The van der Waals surface area contributed by atoms with Gasteiger partial charge in [-0.25, -0.2) is 4.68 Å². The maximum Gasteiger partial charge on any atom is 0.258 e. The van der Waals surface area contributed by atoms with E-state index in [4.69, 9.17) is 0 Å². The zero-order valence-electron chi connectivity index (χ0n) is 14.0. The minimum absolute atomic E-state index is 0.0882. The first-order valence-corrected chi connectivity index (χ1v) is 8.63. The summed E-state index contributed by atoms with van der Waals surface area (Å²) in [7, 11) is 1.70. The molecule has 0 radical (unpaired) electrons. The van der Waals surface area contributed by atoms with Gasteiger partial charge >= 0.3 is 0 Å². The molecule has 126 valence electrons. The molecule has 0 saturated heterocycles. The predicted molar refractivity (Wildman–Crippen MR) is 92.6 cm³/mol. The van der Waals surface area contributed by atoms with Crippen LogP contribution < -0.4 is 5.56 Å². The summed E-state index contributed by atoms with van der Waals surface area (Å²) in [5, 5.41) is 9.58. The number of carbonyl (C=O) groups is 1. The number of hydrogen-bond acceptors (Lipinski definition) is 4. The van der Waals surface area contributed by atoms with Crippen LogP contribution in [-0.2, 0) is 12.6 Å². The maximum atomic E-state index is 13.0. The summed E-state index contributed by atoms with van der Waals surface area (Å²) >= 11 is 0. The van der Waals surface area contributed by atoms with E-state index in [0.29, 0.717) is 22.0 Å². The van der Waals surface area contributed by atoms with Gasteiger partial charge in [-0.1, -0.05) is 17.3 Å². The standard InChI is InChI=1S/C19H18N4O2/c1-22-8-6-13-14(3-2-4-15(13)18(22)25)17(24)16-11-23(21-20-16)19-7-5-12(9-19)10-19/h2-4,6,8,11-12H,5,7,9-10H2,1H3. The molecule has 6 rings (SSSR count). The molecular weight excluding hydrogens is 316 g/mol. The molecule has 3 aliphatic carbocycles. The summed E-state index contributed by atoms with van der Waals surface area (Å²) in [6.45, 7) is 0. The van der Waals surface area contributed by atoms with Gasteiger partial charge in [0.05, 0.1) is 11.7 Å². The molecule has 3 aromatic rings. The molecule has 0 spiro atoms. The van der Waals surface area contributed by atoms with Crippen LogP contribution in [0.25, 0.3) is 10.8 Å². The van der Waals surface area contributed by atoms with E-state index < -0.39 is 0 Å². The molecule has 0 atom stereocenters. The molecule has 0 N–H and O–H groups in total. The Bertz CT molecular complexity index is 1070. The molecule has 0 aliphatic heterocycles. The summed E-state index contributed by atoms with van der Waals surface area (Å²) in [5.74, 6) is 0.632. The molecule has 3 fully saturated rings. The summed E-state index contributed by atoms with van der Waals surface area (Å²) in [6, 6.07) is 7.04. The van der Waals surface area contributed by atoms with Crippen LogP contribution in [0, 0.1) is 5.92 Å². The van der Waals surface area contributed by atoms with Crippen molar-refractivity contribution in [3.63, 3.8) is 0 Å². The zero-order valence-corrected chi connectivity index (χ0v) is 14.0. The molecule has 25 heavy (non-hydrogen) atoms. The average molecular weight is 334 g/mol. The summed E-state index contributed by atoms with van der Waals surface area (Å²) in [4.78, 5) is 25.3. The number of pyridine rings is 1. The van der Waals surface area contributed by atoms with Gasteiger partial charge in [-0.3, -0.25) is 9.59 Å². The highest BCUT2D eigenvalue weighted by Gasteiger charge is 2.52. The van der Waals surface area contributed by atoms with Gasteiger partial charge in [-0.05, 0) is 49.1 Å². The second-order valence-corrected chi connectivity index (χ2v) is 7.41. The molecule has 6 nitrogen and oxygen atoms in total. The van der Waals surface area contributed by atoms with Crippen molar-refractivity contribution < 1.29 is 4.79 Å². The van der Waals surface area contributed by atoms with Crippen molar-refractivity contribution in [1.29, 1.82) is 0 Å². The lowest BCUT2D eigenvalue weighted by Crippen LogP contribution is -2.39. The van der Waals surface area contributed by atoms with Crippen LogP contribution in [0.5, 0.6) is 0 Å². The third kappa shape index (κ3) is 1.97. The molecule has 2 aromatic heterocycles. The van der Waals surface area contributed by atoms with Crippen molar-refractivity contribution in [3.8, 4) is 0 Å². The normalized spacial score (nSPS) is 24.4. The minimum atomic E-state index is -0.185. The van der Waals surface area contributed by atoms with Gasteiger partial charge in [0.15, 0.2) is 5.69 Å². The molecule has 3 saturated carbocycles. The molecule has 2 bridgehead atoms. The fourth-order valence-corrected chi connectivity index (χ4v) is 4.51. The van der Waals surface area contributed by atoms with Crippen LogP contribution in [0.1, 0.15) is 41.7 Å². The molecule has 0 amide bonds. The Hall–Kier alpha value is -2.76. The second-order valence-electron chi connectivity index (χ2n) is 7.41. The lowest BCUT2D eigenvalue weighted by Gasteiger charge is -2.38. The van der Waals surface area contributed by atoms with Crippen LogP contribution >= 0.6 is 0 Å². The van der Waals surface area contributed by atoms with E-state index in [1.54, 1.807) is 43.7 Å². The van der Waals surface area contributed by atoms with Crippen molar-refractivity contribution >= 4 is 16.6 Å². The van der Waals surface area contributed by atoms with Crippen LogP contribution in [-0.4, -0.2) is 25.3 Å². The third-order valence-electron chi connectivity index (χ3n) is 5.93. The average Bonchev–Trinajstić information content (AvgIpc) is 3.31. The van der Waals surface area contributed by atoms with Crippen LogP contribution in [0.15, 0.2) is 41.5 Å². The number of aromatic nitrogens is 4. The maximum absolute atomic E-state index is 13.0. The topological polar surface area (TPSA) is 69.8 Å². The van der Waals surface area contributed by atoms with Crippen LogP contribution in [0.4, 0.5) is 0 Å². The highest BCUT2D eigenvalue weighted by Crippen LogP contribution is 2.56. The number of benzene rings is 1. The Morgan fingerprint density at radius 3 is 2.84 bits per heavy atom. The van der Waals surface area contributed by atoms with Crippen molar-refractivity contribution in [3.05, 3.63) is 58.3 Å².